The summed E-state index contributed by atoms with van der Waals surface area (Å²) in [4.78, 5) is 0. The lowest BCUT2D eigenvalue weighted by Crippen LogP contribution is -1.93. The van der Waals surface area contributed by atoms with Crippen molar-refractivity contribution >= 4 is 16.5 Å². The highest BCUT2D eigenvalue weighted by atomic mass is 19.1. The summed E-state index contributed by atoms with van der Waals surface area (Å²) < 4.78 is 13.7. The van der Waals surface area contributed by atoms with Crippen LogP contribution >= 0.6 is 0 Å². The van der Waals surface area contributed by atoms with Crippen LogP contribution in [0, 0.1) is 5.82 Å². The zero-order valence-electron chi connectivity index (χ0n) is 7.68. The third-order valence-corrected chi connectivity index (χ3v) is 2.96. The summed E-state index contributed by atoms with van der Waals surface area (Å²) >= 11 is 0. The van der Waals surface area contributed by atoms with Gasteiger partial charge in [-0.05, 0) is 35.4 Å². The average molecular weight is 187 g/mol. The zero-order valence-corrected chi connectivity index (χ0v) is 7.68. The molecule has 0 aliphatic heterocycles. The molecule has 2 N–H and O–H groups in total. The van der Waals surface area contributed by atoms with Crippen LogP contribution in [0.15, 0.2) is 24.3 Å². The molecule has 0 atom stereocenters. The number of hydrogen-bond acceptors (Lipinski definition) is 1. The van der Waals surface area contributed by atoms with Gasteiger partial charge in [0.15, 0.2) is 5.82 Å². The van der Waals surface area contributed by atoms with Crippen LogP contribution < -0.4 is 5.73 Å². The summed E-state index contributed by atoms with van der Waals surface area (Å²) in [7, 11) is 0. The summed E-state index contributed by atoms with van der Waals surface area (Å²) in [6.07, 6.45) is 2.00. The van der Waals surface area contributed by atoms with E-state index < -0.39 is 0 Å². The minimum atomic E-state index is -0.271. The standard InChI is InChI=1S/C12H10FN/c13-12-9-3-1-2-7-4-5-8(11(7)9)6-10(12)14/h1-3,6H,4-5,14H2. The molecule has 0 saturated carbocycles. The van der Waals surface area contributed by atoms with E-state index in [9.17, 15) is 4.39 Å². The molecule has 0 fully saturated rings. The Morgan fingerprint density at radius 3 is 2.79 bits per heavy atom. The van der Waals surface area contributed by atoms with E-state index in [0.29, 0.717) is 5.39 Å². The van der Waals surface area contributed by atoms with E-state index in [0.717, 1.165) is 18.2 Å². The molecular formula is C12H10FN. The quantitative estimate of drug-likeness (QED) is 0.630. The average Bonchev–Trinajstić information content (AvgIpc) is 2.59. The van der Waals surface area contributed by atoms with Gasteiger partial charge in [0.1, 0.15) is 0 Å². The van der Waals surface area contributed by atoms with Crippen molar-refractivity contribution in [3.8, 4) is 0 Å². The fourth-order valence-electron chi connectivity index (χ4n) is 2.32. The molecule has 0 saturated heterocycles. The summed E-state index contributed by atoms with van der Waals surface area (Å²) in [5.74, 6) is -0.271. The molecule has 14 heavy (non-hydrogen) atoms. The van der Waals surface area contributed by atoms with Crippen molar-refractivity contribution in [2.24, 2.45) is 0 Å². The molecule has 0 amide bonds. The fraction of sp³-hybridized carbons (Fsp3) is 0.167. The maximum absolute atomic E-state index is 13.7. The number of benzene rings is 2. The molecule has 0 unspecified atom stereocenters. The number of halogens is 1. The highest BCUT2D eigenvalue weighted by Gasteiger charge is 2.17. The molecule has 0 heterocycles. The van der Waals surface area contributed by atoms with E-state index in [1.165, 1.54) is 11.1 Å². The predicted molar refractivity (Wildman–Crippen MR) is 55.7 cm³/mol. The van der Waals surface area contributed by atoms with E-state index in [1.54, 1.807) is 12.1 Å². The maximum atomic E-state index is 13.7. The highest BCUT2D eigenvalue weighted by molar-refractivity contribution is 5.93. The number of aryl methyl sites for hydroxylation is 2. The summed E-state index contributed by atoms with van der Waals surface area (Å²) in [5.41, 5.74) is 8.32. The first-order valence-corrected chi connectivity index (χ1v) is 4.76. The number of nitrogen functional groups attached to an aromatic ring is 1. The molecule has 1 aliphatic carbocycles. The fourth-order valence-corrected chi connectivity index (χ4v) is 2.32. The van der Waals surface area contributed by atoms with Crippen molar-refractivity contribution in [2.75, 3.05) is 5.73 Å². The monoisotopic (exact) mass is 187 g/mol. The second kappa shape index (κ2) is 2.47. The second-order valence-corrected chi connectivity index (χ2v) is 3.78. The smallest absolute Gasteiger partial charge is 0.153 e. The Morgan fingerprint density at radius 2 is 1.93 bits per heavy atom. The van der Waals surface area contributed by atoms with Gasteiger partial charge in [0.2, 0.25) is 0 Å². The lowest BCUT2D eigenvalue weighted by atomic mass is 10.0. The molecule has 1 nitrogen and oxygen atoms in total. The van der Waals surface area contributed by atoms with E-state index >= 15 is 0 Å². The Hall–Kier alpha value is -1.57. The van der Waals surface area contributed by atoms with Gasteiger partial charge in [-0.25, -0.2) is 4.39 Å². The topological polar surface area (TPSA) is 26.0 Å². The third kappa shape index (κ3) is 0.830. The molecule has 0 aromatic heterocycles. The van der Waals surface area contributed by atoms with Crippen molar-refractivity contribution in [1.82, 2.24) is 0 Å². The summed E-state index contributed by atoms with van der Waals surface area (Å²) in [6.45, 7) is 0. The third-order valence-electron chi connectivity index (χ3n) is 2.96. The second-order valence-electron chi connectivity index (χ2n) is 3.78. The lowest BCUT2D eigenvalue weighted by Gasteiger charge is -2.05. The van der Waals surface area contributed by atoms with Crippen LogP contribution in [0.2, 0.25) is 0 Å². The van der Waals surface area contributed by atoms with Gasteiger partial charge in [-0.15, -0.1) is 0 Å². The lowest BCUT2D eigenvalue weighted by molar-refractivity contribution is 0.644. The molecule has 0 spiro atoms. The van der Waals surface area contributed by atoms with Gasteiger partial charge < -0.3 is 5.73 Å². The first-order chi connectivity index (χ1) is 6.77. The highest BCUT2D eigenvalue weighted by Crippen LogP contribution is 2.34. The van der Waals surface area contributed by atoms with Crippen molar-refractivity contribution in [3.05, 3.63) is 41.2 Å². The van der Waals surface area contributed by atoms with Gasteiger partial charge >= 0.3 is 0 Å². The Kier molecular flexibility index (Phi) is 1.38. The van der Waals surface area contributed by atoms with Gasteiger partial charge in [0, 0.05) is 5.39 Å². The minimum absolute atomic E-state index is 0.270. The van der Waals surface area contributed by atoms with E-state index in [2.05, 4.69) is 6.07 Å². The largest absolute Gasteiger partial charge is 0.396 e. The molecule has 2 aromatic carbocycles. The van der Waals surface area contributed by atoms with Crippen LogP contribution in [0.25, 0.3) is 10.8 Å². The van der Waals surface area contributed by atoms with Gasteiger partial charge in [-0.1, -0.05) is 18.2 Å². The number of rotatable bonds is 0. The van der Waals surface area contributed by atoms with E-state index in [1.807, 2.05) is 6.07 Å². The van der Waals surface area contributed by atoms with Crippen molar-refractivity contribution in [3.63, 3.8) is 0 Å². The van der Waals surface area contributed by atoms with Gasteiger partial charge in [-0.3, -0.25) is 0 Å². The number of hydrogen-bond donors (Lipinski definition) is 1. The van der Waals surface area contributed by atoms with Crippen LogP contribution in [0.4, 0.5) is 10.1 Å². The Labute approximate surface area is 81.3 Å². The molecular weight excluding hydrogens is 177 g/mol. The molecule has 2 aromatic rings. The van der Waals surface area contributed by atoms with Crippen LogP contribution in [-0.4, -0.2) is 0 Å². The Balaban J connectivity index is 2.57. The first-order valence-electron chi connectivity index (χ1n) is 4.76. The Bertz CT molecular complexity index is 531. The summed E-state index contributed by atoms with van der Waals surface area (Å²) in [6, 6.07) is 7.54. The van der Waals surface area contributed by atoms with Crippen molar-refractivity contribution in [2.45, 2.75) is 12.8 Å². The molecule has 2 heteroatoms. The van der Waals surface area contributed by atoms with Crippen LogP contribution in [0.5, 0.6) is 0 Å². The van der Waals surface area contributed by atoms with Gasteiger partial charge in [0.05, 0.1) is 5.69 Å². The van der Waals surface area contributed by atoms with Crippen LogP contribution in [-0.2, 0) is 12.8 Å². The number of anilines is 1. The molecule has 0 bridgehead atoms. The molecule has 70 valence electrons. The minimum Gasteiger partial charge on any atom is -0.396 e. The Morgan fingerprint density at radius 1 is 1.14 bits per heavy atom. The summed E-state index contributed by atoms with van der Waals surface area (Å²) in [5, 5.41) is 1.76. The van der Waals surface area contributed by atoms with Gasteiger partial charge in [0.25, 0.3) is 0 Å². The zero-order chi connectivity index (χ0) is 9.71. The van der Waals surface area contributed by atoms with Crippen LogP contribution in [0.1, 0.15) is 11.1 Å². The molecule has 3 rings (SSSR count). The van der Waals surface area contributed by atoms with Gasteiger partial charge in [-0.2, -0.15) is 0 Å². The van der Waals surface area contributed by atoms with Crippen molar-refractivity contribution < 1.29 is 4.39 Å². The molecule has 1 aliphatic rings. The van der Waals surface area contributed by atoms with Crippen molar-refractivity contribution in [1.29, 1.82) is 0 Å². The predicted octanol–water partition coefficient (Wildman–Crippen LogP) is 2.66. The van der Waals surface area contributed by atoms with E-state index in [4.69, 9.17) is 5.73 Å². The van der Waals surface area contributed by atoms with E-state index in [-0.39, 0.29) is 11.5 Å². The normalized spacial score (nSPS) is 13.8. The van der Waals surface area contributed by atoms with Crippen LogP contribution in [0.3, 0.4) is 0 Å². The number of nitrogens with two attached hydrogens (primary N) is 1. The SMILES string of the molecule is Nc1cc2c3c(cccc3c1F)CC2. The maximum Gasteiger partial charge on any atom is 0.153 e. The first kappa shape index (κ1) is 7.80. The molecule has 0 radical (unpaired) electrons.